The van der Waals surface area contributed by atoms with Gasteiger partial charge in [0.25, 0.3) is 0 Å². The molecule has 0 saturated heterocycles. The van der Waals surface area contributed by atoms with Crippen LogP contribution in [0.5, 0.6) is 0 Å². The minimum absolute atomic E-state index is 1.09. The van der Waals surface area contributed by atoms with E-state index in [0.29, 0.717) is 0 Å². The van der Waals surface area contributed by atoms with Gasteiger partial charge in [-0.2, -0.15) is 5.10 Å². The summed E-state index contributed by atoms with van der Waals surface area (Å²) in [5.41, 5.74) is 1.19. The zero-order valence-electron chi connectivity index (χ0n) is 7.41. The molecule has 62 valence electrons. The molecule has 0 saturated carbocycles. The predicted octanol–water partition coefficient (Wildman–Crippen LogP) is 1.27. The van der Waals surface area contributed by atoms with Gasteiger partial charge in [0.1, 0.15) is 0 Å². The summed E-state index contributed by atoms with van der Waals surface area (Å²) >= 11 is 0. The summed E-state index contributed by atoms with van der Waals surface area (Å²) in [6.07, 6.45) is 5.08. The highest BCUT2D eigenvalue weighted by molar-refractivity contribution is 5.40. The molecule has 0 atom stereocenters. The standard InChI is InChI=1S/C8H15N3/c1-4-5-10(2)8-6-9-11(3)7-8/h6-7H,4-5H2,1-3H3. The minimum atomic E-state index is 1.09. The third-order valence-corrected chi connectivity index (χ3v) is 1.69. The van der Waals surface area contributed by atoms with E-state index in [1.807, 2.05) is 24.1 Å². The van der Waals surface area contributed by atoms with Crippen LogP contribution >= 0.6 is 0 Å². The van der Waals surface area contributed by atoms with Crippen molar-refractivity contribution in [3.63, 3.8) is 0 Å². The third kappa shape index (κ3) is 1.97. The highest BCUT2D eigenvalue weighted by Gasteiger charge is 1.99. The first kappa shape index (κ1) is 8.11. The molecule has 0 bridgehead atoms. The lowest BCUT2D eigenvalue weighted by molar-refractivity contribution is 0.767. The fraction of sp³-hybridized carbons (Fsp3) is 0.625. The number of nitrogens with zero attached hydrogens (tertiary/aromatic N) is 3. The summed E-state index contributed by atoms with van der Waals surface area (Å²) in [6.45, 7) is 3.26. The number of anilines is 1. The second-order valence-corrected chi connectivity index (χ2v) is 2.79. The maximum Gasteiger partial charge on any atom is 0.0749 e. The smallest absolute Gasteiger partial charge is 0.0749 e. The predicted molar refractivity (Wildman–Crippen MR) is 46.8 cm³/mol. The van der Waals surface area contributed by atoms with Gasteiger partial charge in [0.15, 0.2) is 0 Å². The highest BCUT2D eigenvalue weighted by atomic mass is 15.3. The van der Waals surface area contributed by atoms with Gasteiger partial charge in [-0.05, 0) is 6.42 Å². The van der Waals surface area contributed by atoms with Gasteiger partial charge in [-0.15, -0.1) is 0 Å². The van der Waals surface area contributed by atoms with E-state index in [0.717, 1.165) is 6.54 Å². The Morgan fingerprint density at radius 2 is 2.36 bits per heavy atom. The van der Waals surface area contributed by atoms with Gasteiger partial charge in [-0.25, -0.2) is 0 Å². The molecule has 11 heavy (non-hydrogen) atoms. The molecule has 0 radical (unpaired) electrons. The van der Waals surface area contributed by atoms with Crippen LogP contribution in [0.3, 0.4) is 0 Å². The van der Waals surface area contributed by atoms with Crippen LogP contribution in [0.4, 0.5) is 5.69 Å². The van der Waals surface area contributed by atoms with E-state index in [1.165, 1.54) is 12.1 Å². The highest BCUT2D eigenvalue weighted by Crippen LogP contribution is 2.09. The van der Waals surface area contributed by atoms with Crippen LogP contribution in [0.1, 0.15) is 13.3 Å². The second kappa shape index (κ2) is 3.42. The maximum atomic E-state index is 4.09. The van der Waals surface area contributed by atoms with Crippen LogP contribution in [0, 0.1) is 0 Å². The van der Waals surface area contributed by atoms with E-state index in [2.05, 4.69) is 24.0 Å². The number of aromatic nitrogens is 2. The van der Waals surface area contributed by atoms with E-state index < -0.39 is 0 Å². The van der Waals surface area contributed by atoms with E-state index in [9.17, 15) is 0 Å². The summed E-state index contributed by atoms with van der Waals surface area (Å²) in [4.78, 5) is 2.20. The van der Waals surface area contributed by atoms with Crippen molar-refractivity contribution in [1.82, 2.24) is 9.78 Å². The van der Waals surface area contributed by atoms with Gasteiger partial charge in [-0.1, -0.05) is 6.92 Å². The monoisotopic (exact) mass is 153 g/mol. The Kier molecular flexibility index (Phi) is 2.52. The molecule has 3 heteroatoms. The Balaban J connectivity index is 2.60. The van der Waals surface area contributed by atoms with Crippen molar-refractivity contribution in [3.05, 3.63) is 12.4 Å². The normalized spacial score (nSPS) is 10.1. The van der Waals surface area contributed by atoms with E-state index in [1.54, 1.807) is 0 Å². The van der Waals surface area contributed by atoms with Crippen LogP contribution in [0.2, 0.25) is 0 Å². The van der Waals surface area contributed by atoms with Crippen molar-refractivity contribution in [2.75, 3.05) is 18.5 Å². The van der Waals surface area contributed by atoms with Crippen LogP contribution in [-0.4, -0.2) is 23.4 Å². The molecule has 0 aromatic carbocycles. The quantitative estimate of drug-likeness (QED) is 0.652. The van der Waals surface area contributed by atoms with Gasteiger partial charge in [0.2, 0.25) is 0 Å². The van der Waals surface area contributed by atoms with Crippen molar-refractivity contribution in [2.45, 2.75) is 13.3 Å². The lowest BCUT2D eigenvalue weighted by Gasteiger charge is -2.14. The Morgan fingerprint density at radius 3 is 2.82 bits per heavy atom. The maximum absolute atomic E-state index is 4.09. The summed E-state index contributed by atoms with van der Waals surface area (Å²) < 4.78 is 1.82. The summed E-state index contributed by atoms with van der Waals surface area (Å²) in [6, 6.07) is 0. The zero-order valence-corrected chi connectivity index (χ0v) is 7.41. The molecule has 1 aromatic rings. The topological polar surface area (TPSA) is 21.1 Å². The lowest BCUT2D eigenvalue weighted by atomic mass is 10.4. The first-order chi connectivity index (χ1) is 5.24. The Hall–Kier alpha value is -0.990. The number of hydrogen-bond acceptors (Lipinski definition) is 2. The Morgan fingerprint density at radius 1 is 1.64 bits per heavy atom. The van der Waals surface area contributed by atoms with E-state index in [4.69, 9.17) is 0 Å². The van der Waals surface area contributed by atoms with Crippen molar-refractivity contribution >= 4 is 5.69 Å². The molecule has 0 aliphatic rings. The molecule has 0 aliphatic carbocycles. The molecule has 1 aromatic heterocycles. The van der Waals surface area contributed by atoms with Crippen molar-refractivity contribution in [3.8, 4) is 0 Å². The largest absolute Gasteiger partial charge is 0.372 e. The van der Waals surface area contributed by atoms with Gasteiger partial charge >= 0.3 is 0 Å². The first-order valence-electron chi connectivity index (χ1n) is 3.94. The number of aryl methyl sites for hydroxylation is 1. The zero-order chi connectivity index (χ0) is 8.27. The van der Waals surface area contributed by atoms with Crippen molar-refractivity contribution < 1.29 is 0 Å². The average molecular weight is 153 g/mol. The molecule has 0 aliphatic heterocycles. The van der Waals surface area contributed by atoms with Crippen molar-refractivity contribution in [2.24, 2.45) is 7.05 Å². The van der Waals surface area contributed by atoms with Gasteiger partial charge in [-0.3, -0.25) is 4.68 Å². The molecule has 0 fully saturated rings. The van der Waals surface area contributed by atoms with Crippen LogP contribution in [0.15, 0.2) is 12.4 Å². The number of rotatable bonds is 3. The molecule has 0 unspecified atom stereocenters. The number of hydrogen-bond donors (Lipinski definition) is 0. The van der Waals surface area contributed by atoms with Crippen molar-refractivity contribution in [1.29, 1.82) is 0 Å². The summed E-state index contributed by atoms with van der Waals surface area (Å²) in [5.74, 6) is 0. The second-order valence-electron chi connectivity index (χ2n) is 2.79. The molecule has 0 spiro atoms. The molecular weight excluding hydrogens is 138 g/mol. The summed E-state index contributed by atoms with van der Waals surface area (Å²) in [7, 11) is 4.02. The van der Waals surface area contributed by atoms with Gasteiger partial charge in [0.05, 0.1) is 11.9 Å². The fourth-order valence-electron chi connectivity index (χ4n) is 1.07. The molecule has 0 N–H and O–H groups in total. The summed E-state index contributed by atoms with van der Waals surface area (Å²) in [5, 5.41) is 4.09. The molecule has 1 rings (SSSR count). The fourth-order valence-corrected chi connectivity index (χ4v) is 1.07. The lowest BCUT2D eigenvalue weighted by Crippen LogP contribution is -2.16. The first-order valence-corrected chi connectivity index (χ1v) is 3.94. The Bertz CT molecular complexity index is 217. The van der Waals surface area contributed by atoms with E-state index >= 15 is 0 Å². The average Bonchev–Trinajstić information content (AvgIpc) is 2.36. The van der Waals surface area contributed by atoms with Crippen LogP contribution < -0.4 is 4.90 Å². The van der Waals surface area contributed by atoms with Crippen LogP contribution in [0.25, 0.3) is 0 Å². The minimum Gasteiger partial charge on any atom is -0.372 e. The SMILES string of the molecule is CCCN(C)c1cnn(C)c1. The van der Waals surface area contributed by atoms with E-state index in [-0.39, 0.29) is 0 Å². The molecule has 1 heterocycles. The molecular formula is C8H15N3. The molecule has 3 nitrogen and oxygen atoms in total. The van der Waals surface area contributed by atoms with Gasteiger partial charge in [0, 0.05) is 26.8 Å². The third-order valence-electron chi connectivity index (χ3n) is 1.69. The van der Waals surface area contributed by atoms with Crippen LogP contribution in [-0.2, 0) is 7.05 Å². The molecule has 0 amide bonds. The Labute approximate surface area is 67.6 Å². The van der Waals surface area contributed by atoms with Gasteiger partial charge < -0.3 is 4.90 Å².